The van der Waals surface area contributed by atoms with Crippen molar-refractivity contribution in [3.05, 3.63) is 23.8 Å². The van der Waals surface area contributed by atoms with Gasteiger partial charge in [0.05, 0.1) is 0 Å². The van der Waals surface area contributed by atoms with Crippen LogP contribution in [0.15, 0.2) is 18.2 Å². The van der Waals surface area contributed by atoms with Gasteiger partial charge in [-0.05, 0) is 56.7 Å². The summed E-state index contributed by atoms with van der Waals surface area (Å²) in [5, 5.41) is 3.44. The van der Waals surface area contributed by atoms with Crippen molar-refractivity contribution in [2.24, 2.45) is 0 Å². The van der Waals surface area contributed by atoms with E-state index in [1.807, 2.05) is 6.07 Å². The third-order valence-corrected chi connectivity index (χ3v) is 3.50. The van der Waals surface area contributed by atoms with Crippen molar-refractivity contribution in [1.82, 2.24) is 10.2 Å². The van der Waals surface area contributed by atoms with E-state index < -0.39 is 0 Å². The van der Waals surface area contributed by atoms with Crippen LogP contribution in [-0.2, 0) is 6.54 Å². The van der Waals surface area contributed by atoms with Crippen molar-refractivity contribution >= 4 is 0 Å². The highest BCUT2D eigenvalue weighted by molar-refractivity contribution is 5.44. The Kier molecular flexibility index (Phi) is 3.67. The van der Waals surface area contributed by atoms with Crippen molar-refractivity contribution in [3.63, 3.8) is 0 Å². The number of ether oxygens (including phenoxy) is 2. The Morgan fingerprint density at radius 1 is 1.06 bits per heavy atom. The number of benzene rings is 1. The number of fused-ring (bicyclic) bond motifs is 1. The molecule has 0 spiro atoms. The largest absolute Gasteiger partial charge is 0.454 e. The molecule has 98 valence electrons. The number of nitrogens with zero attached hydrogens (tertiary/aromatic N) is 1. The number of nitrogens with one attached hydrogen (secondary N) is 1. The molecule has 2 heterocycles. The van der Waals surface area contributed by atoms with Crippen LogP contribution >= 0.6 is 0 Å². The fraction of sp³-hybridized carbons (Fsp3) is 0.571. The maximum Gasteiger partial charge on any atom is 0.231 e. The van der Waals surface area contributed by atoms with Crippen LogP contribution in [0.4, 0.5) is 0 Å². The van der Waals surface area contributed by atoms with Gasteiger partial charge >= 0.3 is 0 Å². The molecule has 4 heteroatoms. The van der Waals surface area contributed by atoms with Crippen LogP contribution < -0.4 is 14.8 Å². The van der Waals surface area contributed by atoms with Crippen molar-refractivity contribution in [3.8, 4) is 11.5 Å². The van der Waals surface area contributed by atoms with Crippen LogP contribution in [0.5, 0.6) is 11.5 Å². The SMILES string of the molecule is c1cc2c(cc1CN1CCCNCCC1)OCO2. The summed E-state index contributed by atoms with van der Waals surface area (Å²) in [6.45, 7) is 5.98. The van der Waals surface area contributed by atoms with E-state index in [-0.39, 0.29) is 0 Å². The summed E-state index contributed by atoms with van der Waals surface area (Å²) in [6.07, 6.45) is 2.45. The van der Waals surface area contributed by atoms with Crippen LogP contribution in [0, 0.1) is 0 Å². The zero-order valence-electron chi connectivity index (χ0n) is 10.7. The Morgan fingerprint density at radius 3 is 2.67 bits per heavy atom. The van der Waals surface area contributed by atoms with E-state index in [1.165, 1.54) is 31.5 Å². The first-order valence-electron chi connectivity index (χ1n) is 6.73. The van der Waals surface area contributed by atoms with Gasteiger partial charge in [0, 0.05) is 6.54 Å². The maximum atomic E-state index is 5.42. The number of hydrogen-bond donors (Lipinski definition) is 1. The normalized spacial score (nSPS) is 20.4. The summed E-state index contributed by atoms with van der Waals surface area (Å²) < 4.78 is 10.8. The molecule has 0 radical (unpaired) electrons. The van der Waals surface area contributed by atoms with Crippen molar-refractivity contribution < 1.29 is 9.47 Å². The van der Waals surface area contributed by atoms with Crippen LogP contribution in [-0.4, -0.2) is 37.9 Å². The minimum atomic E-state index is 0.355. The maximum absolute atomic E-state index is 5.42. The first-order chi connectivity index (χ1) is 8.92. The molecule has 0 saturated carbocycles. The van der Waals surface area contributed by atoms with E-state index in [0.29, 0.717) is 6.79 Å². The predicted octanol–water partition coefficient (Wildman–Crippen LogP) is 1.60. The molecule has 1 fully saturated rings. The Morgan fingerprint density at radius 2 is 1.83 bits per heavy atom. The van der Waals surface area contributed by atoms with Gasteiger partial charge in [0.1, 0.15) is 0 Å². The third kappa shape index (κ3) is 2.76. The summed E-state index contributed by atoms with van der Waals surface area (Å²) in [4.78, 5) is 2.53. The van der Waals surface area contributed by atoms with Gasteiger partial charge in [0.25, 0.3) is 0 Å². The van der Waals surface area contributed by atoms with Gasteiger partial charge in [0.2, 0.25) is 6.79 Å². The predicted molar refractivity (Wildman–Crippen MR) is 69.9 cm³/mol. The molecule has 4 nitrogen and oxygen atoms in total. The second-order valence-corrected chi connectivity index (χ2v) is 4.92. The van der Waals surface area contributed by atoms with Crippen molar-refractivity contribution in [2.75, 3.05) is 33.0 Å². The molecule has 18 heavy (non-hydrogen) atoms. The average molecular weight is 248 g/mol. The Hall–Kier alpha value is -1.26. The molecule has 1 aromatic rings. The van der Waals surface area contributed by atoms with Crippen molar-refractivity contribution in [2.45, 2.75) is 19.4 Å². The minimum Gasteiger partial charge on any atom is -0.454 e. The summed E-state index contributed by atoms with van der Waals surface area (Å²) in [5.41, 5.74) is 1.31. The standard InChI is InChI=1S/C14H20N2O2/c1-5-15-6-2-8-16(7-1)10-12-3-4-13-14(9-12)18-11-17-13/h3-4,9,15H,1-2,5-8,10-11H2. The summed E-state index contributed by atoms with van der Waals surface area (Å²) in [7, 11) is 0. The van der Waals surface area contributed by atoms with E-state index in [0.717, 1.165) is 31.1 Å². The number of hydrogen-bond acceptors (Lipinski definition) is 4. The quantitative estimate of drug-likeness (QED) is 0.862. The third-order valence-electron chi connectivity index (χ3n) is 3.50. The van der Waals surface area contributed by atoms with Gasteiger partial charge in [-0.3, -0.25) is 4.90 Å². The lowest BCUT2D eigenvalue weighted by Gasteiger charge is -2.24. The Bertz CT molecular complexity index is 401. The van der Waals surface area contributed by atoms with E-state index in [2.05, 4.69) is 22.3 Å². The van der Waals surface area contributed by atoms with Crippen molar-refractivity contribution in [1.29, 1.82) is 0 Å². The summed E-state index contributed by atoms with van der Waals surface area (Å²) >= 11 is 0. The van der Waals surface area contributed by atoms with Gasteiger partial charge in [-0.15, -0.1) is 0 Å². The topological polar surface area (TPSA) is 33.7 Å². The van der Waals surface area contributed by atoms with Gasteiger partial charge < -0.3 is 14.8 Å². The van der Waals surface area contributed by atoms with Gasteiger partial charge in [-0.1, -0.05) is 6.07 Å². The average Bonchev–Trinajstić information content (AvgIpc) is 2.79. The molecule has 1 saturated heterocycles. The molecular weight excluding hydrogens is 228 g/mol. The van der Waals surface area contributed by atoms with Crippen LogP contribution in [0.3, 0.4) is 0 Å². The first kappa shape index (κ1) is 11.8. The van der Waals surface area contributed by atoms with E-state index in [1.54, 1.807) is 0 Å². The fourth-order valence-electron chi connectivity index (χ4n) is 2.55. The highest BCUT2D eigenvalue weighted by Crippen LogP contribution is 2.32. The molecule has 1 N–H and O–H groups in total. The monoisotopic (exact) mass is 248 g/mol. The first-order valence-corrected chi connectivity index (χ1v) is 6.73. The van der Waals surface area contributed by atoms with E-state index in [9.17, 15) is 0 Å². The highest BCUT2D eigenvalue weighted by Gasteiger charge is 2.14. The second-order valence-electron chi connectivity index (χ2n) is 4.92. The number of rotatable bonds is 2. The van der Waals surface area contributed by atoms with Crippen LogP contribution in [0.25, 0.3) is 0 Å². The molecule has 3 rings (SSSR count). The highest BCUT2D eigenvalue weighted by atomic mass is 16.7. The molecular formula is C14H20N2O2. The molecule has 0 aliphatic carbocycles. The minimum absolute atomic E-state index is 0.355. The smallest absolute Gasteiger partial charge is 0.231 e. The Labute approximate surface area is 108 Å². The lowest BCUT2D eigenvalue weighted by Crippen LogP contribution is -2.33. The van der Waals surface area contributed by atoms with Gasteiger partial charge in [-0.2, -0.15) is 0 Å². The second kappa shape index (κ2) is 5.59. The zero-order chi connectivity index (χ0) is 12.2. The summed E-state index contributed by atoms with van der Waals surface area (Å²) in [5.74, 6) is 1.76. The van der Waals surface area contributed by atoms with Crippen LogP contribution in [0.1, 0.15) is 18.4 Å². The summed E-state index contributed by atoms with van der Waals surface area (Å²) in [6, 6.07) is 6.27. The molecule has 0 aromatic heterocycles. The van der Waals surface area contributed by atoms with E-state index in [4.69, 9.17) is 9.47 Å². The van der Waals surface area contributed by atoms with Gasteiger partial charge in [-0.25, -0.2) is 0 Å². The zero-order valence-corrected chi connectivity index (χ0v) is 10.7. The lowest BCUT2D eigenvalue weighted by molar-refractivity contribution is 0.174. The molecule has 2 aliphatic rings. The molecule has 0 atom stereocenters. The lowest BCUT2D eigenvalue weighted by atomic mass is 10.1. The fourth-order valence-corrected chi connectivity index (χ4v) is 2.55. The molecule has 1 aromatic carbocycles. The molecule has 0 bridgehead atoms. The molecule has 0 unspecified atom stereocenters. The van der Waals surface area contributed by atoms with Gasteiger partial charge in [0.15, 0.2) is 11.5 Å². The molecule has 2 aliphatic heterocycles. The Balaban J connectivity index is 1.64. The van der Waals surface area contributed by atoms with Crippen LogP contribution in [0.2, 0.25) is 0 Å². The molecule has 0 amide bonds. The van der Waals surface area contributed by atoms with E-state index >= 15 is 0 Å².